The molecule has 0 aliphatic rings. The third-order valence-corrected chi connectivity index (χ3v) is 3.63. The third-order valence-electron chi connectivity index (χ3n) is 3.63. The Balaban J connectivity index is 1.87. The second-order valence-corrected chi connectivity index (χ2v) is 5.52. The fraction of sp³-hybridized carbons (Fsp3) is 0.250. The van der Waals surface area contributed by atoms with Gasteiger partial charge in [0.2, 0.25) is 0 Å². The molecule has 0 saturated heterocycles. The molecule has 0 unspecified atom stereocenters. The van der Waals surface area contributed by atoms with Crippen molar-refractivity contribution in [3.8, 4) is 17.2 Å². The summed E-state index contributed by atoms with van der Waals surface area (Å²) < 4.78 is 15.9. The number of primary amides is 1. The van der Waals surface area contributed by atoms with Gasteiger partial charge in [-0.05, 0) is 23.8 Å². The largest absolute Gasteiger partial charge is 0.496 e. The highest BCUT2D eigenvalue weighted by Crippen LogP contribution is 2.28. The number of rotatable bonds is 10. The predicted molar refractivity (Wildman–Crippen MR) is 101 cm³/mol. The number of benzene rings is 2. The van der Waals surface area contributed by atoms with E-state index in [1.165, 1.54) is 0 Å². The van der Waals surface area contributed by atoms with Gasteiger partial charge in [-0.1, -0.05) is 36.4 Å². The van der Waals surface area contributed by atoms with Crippen molar-refractivity contribution < 1.29 is 19.0 Å². The molecule has 0 aromatic heterocycles. The van der Waals surface area contributed by atoms with Crippen molar-refractivity contribution in [1.29, 1.82) is 0 Å². The SMILES string of the molecule is COc1ccccc1/C=C/CNCc1ccc(OCC(N)=O)c(OC)c1. The van der Waals surface area contributed by atoms with Gasteiger partial charge in [-0.15, -0.1) is 0 Å². The maximum Gasteiger partial charge on any atom is 0.255 e. The van der Waals surface area contributed by atoms with Crippen LogP contribution in [0.25, 0.3) is 6.08 Å². The number of carbonyl (C=O) groups is 1. The van der Waals surface area contributed by atoms with E-state index in [0.717, 1.165) is 16.9 Å². The van der Waals surface area contributed by atoms with Crippen LogP contribution < -0.4 is 25.3 Å². The highest BCUT2D eigenvalue weighted by Gasteiger charge is 2.07. The number of hydrogen-bond donors (Lipinski definition) is 2. The average molecular weight is 356 g/mol. The third kappa shape index (κ3) is 5.82. The van der Waals surface area contributed by atoms with Crippen LogP contribution in [-0.4, -0.2) is 33.3 Å². The van der Waals surface area contributed by atoms with Gasteiger partial charge in [-0.25, -0.2) is 0 Å². The van der Waals surface area contributed by atoms with Gasteiger partial charge in [0.05, 0.1) is 14.2 Å². The van der Waals surface area contributed by atoms with Crippen LogP contribution >= 0.6 is 0 Å². The second kappa shape index (κ2) is 10.1. The molecule has 0 atom stereocenters. The molecular weight excluding hydrogens is 332 g/mol. The fourth-order valence-electron chi connectivity index (χ4n) is 2.38. The molecule has 1 amide bonds. The van der Waals surface area contributed by atoms with Crippen LogP contribution in [0.4, 0.5) is 0 Å². The minimum Gasteiger partial charge on any atom is -0.496 e. The van der Waals surface area contributed by atoms with Gasteiger partial charge in [-0.2, -0.15) is 0 Å². The topological polar surface area (TPSA) is 82.8 Å². The van der Waals surface area contributed by atoms with E-state index in [1.807, 2.05) is 48.6 Å². The van der Waals surface area contributed by atoms with E-state index < -0.39 is 5.91 Å². The van der Waals surface area contributed by atoms with Gasteiger partial charge < -0.3 is 25.3 Å². The van der Waals surface area contributed by atoms with Crippen LogP contribution in [0, 0.1) is 0 Å². The van der Waals surface area contributed by atoms with Crippen LogP contribution in [-0.2, 0) is 11.3 Å². The molecule has 0 saturated carbocycles. The first-order chi connectivity index (χ1) is 12.6. The minimum absolute atomic E-state index is 0.179. The second-order valence-electron chi connectivity index (χ2n) is 5.52. The van der Waals surface area contributed by atoms with Crippen molar-refractivity contribution >= 4 is 12.0 Å². The number of amides is 1. The summed E-state index contributed by atoms with van der Waals surface area (Å²) in [4.78, 5) is 10.8. The maximum atomic E-state index is 10.8. The lowest BCUT2D eigenvalue weighted by atomic mass is 10.2. The van der Waals surface area contributed by atoms with Gasteiger partial charge in [-0.3, -0.25) is 4.79 Å². The van der Waals surface area contributed by atoms with E-state index in [2.05, 4.69) is 5.32 Å². The molecular formula is C20H24N2O4. The van der Waals surface area contributed by atoms with Crippen molar-refractivity contribution in [2.24, 2.45) is 5.73 Å². The van der Waals surface area contributed by atoms with Crippen molar-refractivity contribution in [3.63, 3.8) is 0 Å². The lowest BCUT2D eigenvalue weighted by Crippen LogP contribution is -2.20. The first-order valence-corrected chi connectivity index (χ1v) is 8.22. The van der Waals surface area contributed by atoms with Gasteiger partial charge >= 0.3 is 0 Å². The van der Waals surface area contributed by atoms with E-state index in [9.17, 15) is 4.79 Å². The molecule has 0 spiro atoms. The summed E-state index contributed by atoms with van der Waals surface area (Å²) in [6, 6.07) is 13.4. The Bertz CT molecular complexity index is 759. The standard InChI is InChI=1S/C20H24N2O4/c1-24-17-8-4-3-6-16(17)7-5-11-22-13-15-9-10-18(19(12-15)25-2)26-14-20(21)23/h3-10,12,22H,11,13-14H2,1-2H3,(H2,21,23)/b7-5+. The van der Waals surface area contributed by atoms with Crippen molar-refractivity contribution in [3.05, 3.63) is 59.7 Å². The number of para-hydroxylation sites is 1. The monoisotopic (exact) mass is 356 g/mol. The smallest absolute Gasteiger partial charge is 0.255 e. The summed E-state index contributed by atoms with van der Waals surface area (Å²) >= 11 is 0. The zero-order valence-corrected chi connectivity index (χ0v) is 15.0. The van der Waals surface area contributed by atoms with Gasteiger partial charge in [0.1, 0.15) is 5.75 Å². The van der Waals surface area contributed by atoms with Crippen LogP contribution in [0.5, 0.6) is 17.2 Å². The Labute approximate surface area is 153 Å². The fourth-order valence-corrected chi connectivity index (χ4v) is 2.38. The molecule has 6 nitrogen and oxygen atoms in total. The molecule has 0 fully saturated rings. The summed E-state index contributed by atoms with van der Waals surface area (Å²) in [6.45, 7) is 1.20. The quantitative estimate of drug-likeness (QED) is 0.639. The Morgan fingerprint density at radius 3 is 2.58 bits per heavy atom. The first-order valence-electron chi connectivity index (χ1n) is 8.22. The van der Waals surface area contributed by atoms with Crippen LogP contribution in [0.15, 0.2) is 48.5 Å². The normalized spacial score (nSPS) is 10.7. The van der Waals surface area contributed by atoms with Crippen LogP contribution in [0.1, 0.15) is 11.1 Å². The Hall–Kier alpha value is -2.99. The average Bonchev–Trinajstić information content (AvgIpc) is 2.66. The van der Waals surface area contributed by atoms with Gasteiger partial charge in [0, 0.05) is 18.7 Å². The van der Waals surface area contributed by atoms with Gasteiger partial charge in [0.25, 0.3) is 5.91 Å². The highest BCUT2D eigenvalue weighted by molar-refractivity contribution is 5.75. The number of nitrogens with one attached hydrogen (secondary N) is 1. The van der Waals surface area contributed by atoms with E-state index in [4.69, 9.17) is 19.9 Å². The molecule has 2 rings (SSSR count). The number of nitrogens with two attached hydrogens (primary N) is 1. The van der Waals surface area contributed by atoms with Crippen molar-refractivity contribution in [2.45, 2.75) is 6.54 Å². The molecule has 0 heterocycles. The van der Waals surface area contributed by atoms with E-state index in [-0.39, 0.29) is 6.61 Å². The highest BCUT2D eigenvalue weighted by atomic mass is 16.5. The summed E-state index contributed by atoms with van der Waals surface area (Å²) in [6.07, 6.45) is 4.06. The summed E-state index contributed by atoms with van der Waals surface area (Å²) in [5, 5.41) is 3.33. The van der Waals surface area contributed by atoms with Crippen LogP contribution in [0.3, 0.4) is 0 Å². The zero-order valence-electron chi connectivity index (χ0n) is 15.0. The number of methoxy groups -OCH3 is 2. The summed E-state index contributed by atoms with van der Waals surface area (Å²) in [5.41, 5.74) is 7.16. The number of hydrogen-bond acceptors (Lipinski definition) is 5. The molecule has 2 aromatic carbocycles. The minimum atomic E-state index is -0.528. The number of carbonyl (C=O) groups excluding carboxylic acids is 1. The lowest BCUT2D eigenvalue weighted by Gasteiger charge is -2.11. The number of ether oxygens (including phenoxy) is 3. The summed E-state index contributed by atoms with van der Waals surface area (Å²) in [7, 11) is 3.22. The zero-order chi connectivity index (χ0) is 18.8. The van der Waals surface area contributed by atoms with E-state index in [1.54, 1.807) is 20.3 Å². The molecule has 0 aliphatic heterocycles. The maximum absolute atomic E-state index is 10.8. The molecule has 3 N–H and O–H groups in total. The predicted octanol–water partition coefficient (Wildman–Crippen LogP) is 2.37. The van der Waals surface area contributed by atoms with Crippen LogP contribution in [0.2, 0.25) is 0 Å². The first kappa shape index (κ1) is 19.3. The molecule has 2 aromatic rings. The van der Waals surface area contributed by atoms with E-state index in [0.29, 0.717) is 24.6 Å². The molecule has 6 heteroatoms. The molecule has 0 bridgehead atoms. The van der Waals surface area contributed by atoms with Gasteiger partial charge in [0.15, 0.2) is 18.1 Å². The Morgan fingerprint density at radius 2 is 1.85 bits per heavy atom. The van der Waals surface area contributed by atoms with E-state index >= 15 is 0 Å². The molecule has 26 heavy (non-hydrogen) atoms. The van der Waals surface area contributed by atoms with Crippen molar-refractivity contribution in [2.75, 3.05) is 27.4 Å². The lowest BCUT2D eigenvalue weighted by molar-refractivity contribution is -0.119. The summed E-state index contributed by atoms with van der Waals surface area (Å²) in [5.74, 6) is 1.38. The molecule has 138 valence electrons. The molecule has 0 radical (unpaired) electrons. The molecule has 0 aliphatic carbocycles. The Morgan fingerprint density at radius 1 is 1.08 bits per heavy atom. The Kier molecular flexibility index (Phi) is 7.51. The van der Waals surface area contributed by atoms with Crippen molar-refractivity contribution in [1.82, 2.24) is 5.32 Å².